The highest BCUT2D eigenvalue weighted by molar-refractivity contribution is 5.96. The van der Waals surface area contributed by atoms with Crippen molar-refractivity contribution in [1.29, 1.82) is 0 Å². The van der Waals surface area contributed by atoms with Gasteiger partial charge in [0.05, 0.1) is 7.11 Å². The maximum absolute atomic E-state index is 13.5. The highest BCUT2D eigenvalue weighted by Crippen LogP contribution is 2.44. The van der Waals surface area contributed by atoms with E-state index in [0.717, 1.165) is 36.1 Å². The van der Waals surface area contributed by atoms with Gasteiger partial charge >= 0.3 is 0 Å². The van der Waals surface area contributed by atoms with Gasteiger partial charge in [-0.3, -0.25) is 4.79 Å². The number of methoxy groups -OCH3 is 1. The van der Waals surface area contributed by atoms with E-state index in [-0.39, 0.29) is 18.7 Å². The summed E-state index contributed by atoms with van der Waals surface area (Å²) in [5.74, 6) is -1.66. The average molecular weight is 470 g/mol. The second-order valence-corrected chi connectivity index (χ2v) is 8.78. The smallest absolute Gasteiger partial charge is 0.249 e. The zero-order chi connectivity index (χ0) is 24.1. The molecule has 8 heteroatoms. The molecule has 1 aliphatic carbocycles. The van der Waals surface area contributed by atoms with E-state index in [9.17, 15) is 13.6 Å². The van der Waals surface area contributed by atoms with E-state index in [2.05, 4.69) is 10.1 Å². The number of nitrogens with zero attached hydrogens (tertiary/aromatic N) is 3. The van der Waals surface area contributed by atoms with Crippen LogP contribution in [0.1, 0.15) is 43.8 Å². The molecule has 6 nitrogen and oxygen atoms in total. The third-order valence-corrected chi connectivity index (χ3v) is 6.11. The van der Waals surface area contributed by atoms with Gasteiger partial charge in [-0.05, 0) is 55.2 Å². The number of anilines is 1. The lowest BCUT2D eigenvalue weighted by molar-refractivity contribution is -0.147. The van der Waals surface area contributed by atoms with Gasteiger partial charge in [0, 0.05) is 37.4 Å². The predicted molar refractivity (Wildman–Crippen MR) is 125 cm³/mol. The Hall–Kier alpha value is -3.29. The number of halogens is 2. The number of unbranched alkanes of at least 4 members (excludes halogenated alkanes) is 2. The van der Waals surface area contributed by atoms with Crippen LogP contribution < -0.4 is 9.64 Å². The van der Waals surface area contributed by atoms with Crippen LogP contribution in [0.2, 0.25) is 0 Å². The molecule has 0 radical (unpaired) electrons. The molecule has 0 spiro atoms. The van der Waals surface area contributed by atoms with Crippen molar-refractivity contribution in [3.63, 3.8) is 0 Å². The molecular formula is C26H29F2N3O3. The summed E-state index contributed by atoms with van der Waals surface area (Å²) in [6.07, 6.45) is 2.35. The monoisotopic (exact) mass is 469 g/mol. The summed E-state index contributed by atoms with van der Waals surface area (Å²) in [5, 5.41) is 3.79. The van der Waals surface area contributed by atoms with Crippen LogP contribution in [0.25, 0.3) is 11.1 Å². The molecule has 0 aliphatic heterocycles. The summed E-state index contributed by atoms with van der Waals surface area (Å²) in [5.41, 5.74) is 2.60. The Morgan fingerprint density at radius 1 is 1.12 bits per heavy atom. The number of aryl methyl sites for hydroxylation is 2. The Balaban J connectivity index is 1.46. The van der Waals surface area contributed by atoms with Crippen LogP contribution >= 0.6 is 0 Å². The molecule has 0 atom stereocenters. The summed E-state index contributed by atoms with van der Waals surface area (Å²) in [7, 11) is 1.62. The molecule has 0 bridgehead atoms. The normalized spacial score (nSPS) is 15.1. The number of carbonyl (C=O) groups is 1. The first kappa shape index (κ1) is 23.9. The number of ether oxygens (including phenoxy) is 1. The fourth-order valence-corrected chi connectivity index (χ4v) is 4.24. The number of rotatable bonds is 10. The van der Waals surface area contributed by atoms with Crippen molar-refractivity contribution in [3.8, 4) is 16.9 Å². The number of hydrogen-bond acceptors (Lipinski definition) is 5. The SMILES string of the molecule is COc1cccc(-c2cccc(N(CCCCCc3nc(C)no3)C(=O)C3CC(F)(F)C3)c2)c1. The Kier molecular flexibility index (Phi) is 7.24. The van der Waals surface area contributed by atoms with Crippen molar-refractivity contribution in [2.24, 2.45) is 5.92 Å². The summed E-state index contributed by atoms with van der Waals surface area (Å²) < 4.78 is 37.4. The number of aromatic nitrogens is 2. The molecule has 1 heterocycles. The molecule has 1 fully saturated rings. The van der Waals surface area contributed by atoms with Crippen LogP contribution in [-0.4, -0.2) is 35.6 Å². The van der Waals surface area contributed by atoms with Gasteiger partial charge in [-0.1, -0.05) is 35.8 Å². The minimum atomic E-state index is -2.74. The summed E-state index contributed by atoms with van der Waals surface area (Å²) >= 11 is 0. The van der Waals surface area contributed by atoms with E-state index in [1.807, 2.05) is 48.5 Å². The van der Waals surface area contributed by atoms with Gasteiger partial charge in [0.2, 0.25) is 17.7 Å². The molecule has 1 amide bonds. The molecule has 3 aromatic rings. The van der Waals surface area contributed by atoms with Gasteiger partial charge < -0.3 is 14.2 Å². The van der Waals surface area contributed by atoms with Crippen molar-refractivity contribution < 1.29 is 22.8 Å². The zero-order valence-corrected chi connectivity index (χ0v) is 19.5. The van der Waals surface area contributed by atoms with Gasteiger partial charge in [-0.25, -0.2) is 8.78 Å². The molecule has 0 unspecified atom stereocenters. The number of benzene rings is 2. The van der Waals surface area contributed by atoms with Gasteiger partial charge in [-0.15, -0.1) is 0 Å². The van der Waals surface area contributed by atoms with Crippen LogP contribution in [-0.2, 0) is 11.2 Å². The molecule has 0 N–H and O–H groups in total. The molecule has 1 aliphatic rings. The lowest BCUT2D eigenvalue weighted by Gasteiger charge is -2.37. The average Bonchev–Trinajstić information content (AvgIpc) is 3.24. The van der Waals surface area contributed by atoms with Gasteiger partial charge in [-0.2, -0.15) is 4.98 Å². The zero-order valence-electron chi connectivity index (χ0n) is 19.5. The van der Waals surface area contributed by atoms with Crippen molar-refractivity contribution in [2.45, 2.75) is 51.4 Å². The minimum Gasteiger partial charge on any atom is -0.497 e. The standard InChI is InChI=1S/C26H29F2N3O3/c1-18-29-24(34-30-18)12-4-3-5-13-31(25(32)21-16-26(27,28)17-21)22-10-6-8-19(14-22)20-9-7-11-23(15-20)33-2/h6-11,14-15,21H,3-5,12-13,16-17H2,1-2H3. The first-order valence-electron chi connectivity index (χ1n) is 11.6. The van der Waals surface area contributed by atoms with E-state index in [1.54, 1.807) is 18.9 Å². The number of amides is 1. The molecular weight excluding hydrogens is 440 g/mol. The third kappa shape index (κ3) is 5.79. The van der Waals surface area contributed by atoms with E-state index in [1.165, 1.54) is 0 Å². The molecule has 4 rings (SSSR count). The maximum atomic E-state index is 13.5. The van der Waals surface area contributed by atoms with E-state index in [4.69, 9.17) is 9.26 Å². The van der Waals surface area contributed by atoms with Crippen molar-refractivity contribution >= 4 is 11.6 Å². The predicted octanol–water partition coefficient (Wildman–Crippen LogP) is 5.84. The van der Waals surface area contributed by atoms with Crippen LogP contribution in [0.5, 0.6) is 5.75 Å². The largest absolute Gasteiger partial charge is 0.497 e. The Morgan fingerprint density at radius 3 is 2.53 bits per heavy atom. The van der Waals surface area contributed by atoms with Crippen LogP contribution in [0, 0.1) is 12.8 Å². The Morgan fingerprint density at radius 2 is 1.85 bits per heavy atom. The van der Waals surface area contributed by atoms with Crippen LogP contribution in [0.15, 0.2) is 53.1 Å². The highest BCUT2D eigenvalue weighted by atomic mass is 19.3. The Labute approximate surface area is 197 Å². The topological polar surface area (TPSA) is 68.5 Å². The fourth-order valence-electron chi connectivity index (χ4n) is 4.24. The van der Waals surface area contributed by atoms with Crippen LogP contribution in [0.3, 0.4) is 0 Å². The summed E-state index contributed by atoms with van der Waals surface area (Å²) in [6, 6.07) is 15.3. The molecule has 1 aromatic heterocycles. The highest BCUT2D eigenvalue weighted by Gasteiger charge is 2.49. The minimum absolute atomic E-state index is 0.235. The lowest BCUT2D eigenvalue weighted by Crippen LogP contribution is -2.47. The maximum Gasteiger partial charge on any atom is 0.249 e. The number of carbonyl (C=O) groups excluding carboxylic acids is 1. The van der Waals surface area contributed by atoms with Gasteiger partial charge in [0.25, 0.3) is 0 Å². The second-order valence-electron chi connectivity index (χ2n) is 8.78. The van der Waals surface area contributed by atoms with Gasteiger partial charge in [0.15, 0.2) is 5.82 Å². The first-order valence-corrected chi connectivity index (χ1v) is 11.6. The van der Waals surface area contributed by atoms with E-state index >= 15 is 0 Å². The molecule has 34 heavy (non-hydrogen) atoms. The van der Waals surface area contributed by atoms with Crippen molar-refractivity contribution in [1.82, 2.24) is 10.1 Å². The quantitative estimate of drug-likeness (QED) is 0.349. The summed E-state index contributed by atoms with van der Waals surface area (Å²) in [6.45, 7) is 2.24. The molecule has 1 saturated carbocycles. The van der Waals surface area contributed by atoms with Gasteiger partial charge in [0.1, 0.15) is 5.75 Å². The molecule has 0 saturated heterocycles. The summed E-state index contributed by atoms with van der Waals surface area (Å²) in [4.78, 5) is 19.1. The molecule has 2 aromatic carbocycles. The third-order valence-electron chi connectivity index (χ3n) is 6.11. The van der Waals surface area contributed by atoms with Crippen molar-refractivity contribution in [3.05, 3.63) is 60.2 Å². The van der Waals surface area contributed by atoms with Crippen molar-refractivity contribution in [2.75, 3.05) is 18.6 Å². The number of hydrogen-bond donors (Lipinski definition) is 0. The first-order chi connectivity index (χ1) is 16.3. The Bertz CT molecular complexity index is 1120. The van der Waals surface area contributed by atoms with Crippen LogP contribution in [0.4, 0.5) is 14.5 Å². The number of alkyl halides is 2. The second kappa shape index (κ2) is 10.3. The van der Waals surface area contributed by atoms with E-state index < -0.39 is 11.8 Å². The fraction of sp³-hybridized carbons (Fsp3) is 0.423. The van der Waals surface area contributed by atoms with E-state index in [0.29, 0.717) is 30.4 Å². The lowest BCUT2D eigenvalue weighted by atomic mass is 9.80. The molecule has 180 valence electrons.